The predicted octanol–water partition coefficient (Wildman–Crippen LogP) is 3.05. The maximum Gasteiger partial charge on any atom is 0.243 e. The van der Waals surface area contributed by atoms with Crippen LogP contribution in [-0.2, 0) is 16.6 Å². The molecule has 1 aliphatic rings. The summed E-state index contributed by atoms with van der Waals surface area (Å²) in [5.74, 6) is -0.145. The summed E-state index contributed by atoms with van der Waals surface area (Å²) in [5.41, 5.74) is 1.52. The summed E-state index contributed by atoms with van der Waals surface area (Å²) >= 11 is 6.02. The van der Waals surface area contributed by atoms with Gasteiger partial charge in [0.2, 0.25) is 10.0 Å². The molecule has 1 aliphatic heterocycles. The molecular formula is C19H21ClN2O3S. The van der Waals surface area contributed by atoms with Gasteiger partial charge >= 0.3 is 0 Å². The van der Waals surface area contributed by atoms with Crippen LogP contribution in [0.1, 0.15) is 22.8 Å². The summed E-state index contributed by atoms with van der Waals surface area (Å²) in [6.07, 6.45) is 0. The molecule has 2 aromatic carbocycles. The summed E-state index contributed by atoms with van der Waals surface area (Å²) in [6, 6.07) is 13.9. The Bertz CT molecular complexity index is 907. The molecule has 5 nitrogen and oxygen atoms in total. The molecule has 1 heterocycles. The van der Waals surface area contributed by atoms with Crippen molar-refractivity contribution in [2.24, 2.45) is 0 Å². The second-order valence-electron chi connectivity index (χ2n) is 6.39. The number of rotatable bonds is 5. The fraction of sp³-hybridized carbons (Fsp3) is 0.316. The van der Waals surface area contributed by atoms with E-state index >= 15 is 0 Å². The third kappa shape index (κ3) is 4.32. The van der Waals surface area contributed by atoms with Crippen molar-refractivity contribution in [3.8, 4) is 0 Å². The molecule has 0 atom stereocenters. The van der Waals surface area contributed by atoms with Crippen LogP contribution in [0.4, 0.5) is 0 Å². The van der Waals surface area contributed by atoms with E-state index in [1.165, 1.54) is 17.3 Å². The lowest BCUT2D eigenvalue weighted by Crippen LogP contribution is -2.48. The highest BCUT2D eigenvalue weighted by Gasteiger charge is 2.28. The Morgan fingerprint density at radius 1 is 1.04 bits per heavy atom. The van der Waals surface area contributed by atoms with Crippen LogP contribution in [-0.4, -0.2) is 49.6 Å². The van der Waals surface area contributed by atoms with Crippen LogP contribution in [0, 0.1) is 0 Å². The van der Waals surface area contributed by atoms with E-state index in [2.05, 4.69) is 4.90 Å². The molecule has 0 radical (unpaired) electrons. The van der Waals surface area contributed by atoms with Crippen LogP contribution < -0.4 is 0 Å². The molecule has 0 aliphatic carbocycles. The van der Waals surface area contributed by atoms with E-state index in [1.54, 1.807) is 18.2 Å². The largest absolute Gasteiger partial charge is 0.296 e. The molecule has 26 heavy (non-hydrogen) atoms. The van der Waals surface area contributed by atoms with Gasteiger partial charge in [-0.2, -0.15) is 4.31 Å². The maximum atomic E-state index is 12.9. The topological polar surface area (TPSA) is 57.7 Å². The summed E-state index contributed by atoms with van der Waals surface area (Å²) in [5, 5.41) is 0.703. The van der Waals surface area contributed by atoms with E-state index in [0.717, 1.165) is 12.1 Å². The number of benzene rings is 2. The second kappa shape index (κ2) is 7.88. The minimum Gasteiger partial charge on any atom is -0.296 e. The van der Waals surface area contributed by atoms with Gasteiger partial charge in [0.25, 0.3) is 0 Å². The van der Waals surface area contributed by atoms with Crippen molar-refractivity contribution < 1.29 is 13.2 Å². The standard InChI is InChI=1S/C19H21ClN2O3S/c1-15(23)17-5-3-7-19(13-17)26(24,25)22-10-8-21(9-11-22)14-16-4-2-6-18(20)12-16/h2-7,12-13H,8-11,14H2,1H3. The normalized spacial score (nSPS) is 16.5. The Morgan fingerprint density at radius 2 is 1.73 bits per heavy atom. The van der Waals surface area contributed by atoms with Gasteiger partial charge in [-0.3, -0.25) is 9.69 Å². The molecule has 2 aromatic rings. The van der Waals surface area contributed by atoms with Crippen LogP contribution in [0.2, 0.25) is 5.02 Å². The van der Waals surface area contributed by atoms with Gasteiger partial charge in [-0.25, -0.2) is 8.42 Å². The van der Waals surface area contributed by atoms with Crippen LogP contribution >= 0.6 is 11.6 Å². The lowest BCUT2D eigenvalue weighted by Gasteiger charge is -2.34. The molecule has 0 amide bonds. The maximum absolute atomic E-state index is 12.9. The number of nitrogens with zero attached hydrogens (tertiary/aromatic N) is 2. The Labute approximate surface area is 159 Å². The minimum atomic E-state index is -3.59. The second-order valence-corrected chi connectivity index (χ2v) is 8.77. The Morgan fingerprint density at radius 3 is 2.38 bits per heavy atom. The third-order valence-electron chi connectivity index (χ3n) is 4.50. The van der Waals surface area contributed by atoms with Gasteiger partial charge in [0.05, 0.1) is 4.90 Å². The van der Waals surface area contributed by atoms with E-state index in [9.17, 15) is 13.2 Å². The molecule has 7 heteroatoms. The molecule has 3 rings (SSSR count). The molecule has 0 spiro atoms. The number of piperazine rings is 1. The zero-order valence-electron chi connectivity index (χ0n) is 14.6. The average Bonchev–Trinajstić information content (AvgIpc) is 2.62. The van der Waals surface area contributed by atoms with E-state index in [0.29, 0.717) is 36.8 Å². The highest BCUT2D eigenvalue weighted by molar-refractivity contribution is 7.89. The van der Waals surface area contributed by atoms with E-state index in [4.69, 9.17) is 11.6 Å². The first kappa shape index (κ1) is 19.0. The van der Waals surface area contributed by atoms with Gasteiger partial charge in [0.15, 0.2) is 5.78 Å². The minimum absolute atomic E-state index is 0.145. The number of carbonyl (C=O) groups is 1. The molecule has 0 unspecified atom stereocenters. The zero-order valence-corrected chi connectivity index (χ0v) is 16.1. The van der Waals surface area contributed by atoms with Gasteiger partial charge in [-0.1, -0.05) is 35.9 Å². The van der Waals surface area contributed by atoms with Crippen molar-refractivity contribution in [3.05, 3.63) is 64.7 Å². The van der Waals surface area contributed by atoms with Crippen molar-refractivity contribution in [2.45, 2.75) is 18.4 Å². The van der Waals surface area contributed by atoms with E-state index in [-0.39, 0.29) is 10.7 Å². The smallest absolute Gasteiger partial charge is 0.243 e. The summed E-state index contributed by atoms with van der Waals surface area (Å²) in [4.78, 5) is 13.9. The van der Waals surface area contributed by atoms with Crippen molar-refractivity contribution in [1.82, 2.24) is 9.21 Å². The van der Waals surface area contributed by atoms with E-state index < -0.39 is 10.0 Å². The Hall–Kier alpha value is -1.73. The van der Waals surface area contributed by atoms with Crippen molar-refractivity contribution in [2.75, 3.05) is 26.2 Å². The van der Waals surface area contributed by atoms with Gasteiger partial charge < -0.3 is 0 Å². The van der Waals surface area contributed by atoms with Gasteiger partial charge in [-0.15, -0.1) is 0 Å². The summed E-state index contributed by atoms with van der Waals surface area (Å²) in [7, 11) is -3.59. The zero-order chi connectivity index (χ0) is 18.7. The van der Waals surface area contributed by atoms with Gasteiger partial charge in [0.1, 0.15) is 0 Å². The van der Waals surface area contributed by atoms with Crippen LogP contribution in [0.5, 0.6) is 0 Å². The molecule has 0 saturated carbocycles. The number of Topliss-reactive ketones (excluding diaryl/α,β-unsaturated/α-hetero) is 1. The fourth-order valence-electron chi connectivity index (χ4n) is 3.05. The first-order valence-electron chi connectivity index (χ1n) is 8.44. The number of halogens is 1. The van der Waals surface area contributed by atoms with Gasteiger partial charge in [0, 0.05) is 43.3 Å². The molecule has 0 bridgehead atoms. The lowest BCUT2D eigenvalue weighted by atomic mass is 10.2. The number of hydrogen-bond acceptors (Lipinski definition) is 4. The van der Waals surface area contributed by atoms with Gasteiger partial charge in [-0.05, 0) is 36.8 Å². The number of sulfonamides is 1. The van der Waals surface area contributed by atoms with Crippen LogP contribution in [0.3, 0.4) is 0 Å². The number of carbonyl (C=O) groups excluding carboxylic acids is 1. The fourth-order valence-corrected chi connectivity index (χ4v) is 4.73. The van der Waals surface area contributed by atoms with Crippen molar-refractivity contribution >= 4 is 27.4 Å². The first-order valence-corrected chi connectivity index (χ1v) is 10.3. The first-order chi connectivity index (χ1) is 12.4. The lowest BCUT2D eigenvalue weighted by molar-refractivity contribution is 0.101. The summed E-state index contributed by atoms with van der Waals surface area (Å²) < 4.78 is 27.2. The quantitative estimate of drug-likeness (QED) is 0.734. The van der Waals surface area contributed by atoms with Crippen molar-refractivity contribution in [3.63, 3.8) is 0 Å². The average molecular weight is 393 g/mol. The summed E-state index contributed by atoms with van der Waals surface area (Å²) in [6.45, 7) is 4.32. The Balaban J connectivity index is 1.67. The monoisotopic (exact) mass is 392 g/mol. The van der Waals surface area contributed by atoms with E-state index in [1.807, 2.05) is 24.3 Å². The third-order valence-corrected chi connectivity index (χ3v) is 6.63. The van der Waals surface area contributed by atoms with Crippen LogP contribution in [0.15, 0.2) is 53.4 Å². The number of ketones is 1. The highest BCUT2D eigenvalue weighted by Crippen LogP contribution is 2.20. The molecular weight excluding hydrogens is 372 g/mol. The molecule has 0 N–H and O–H groups in total. The Kier molecular flexibility index (Phi) is 5.77. The molecule has 1 fully saturated rings. The molecule has 138 valence electrons. The SMILES string of the molecule is CC(=O)c1cccc(S(=O)(=O)N2CCN(Cc3cccc(Cl)c3)CC2)c1. The highest BCUT2D eigenvalue weighted by atomic mass is 35.5. The number of hydrogen-bond donors (Lipinski definition) is 0. The predicted molar refractivity (Wildman–Crippen MR) is 102 cm³/mol. The van der Waals surface area contributed by atoms with Crippen LogP contribution in [0.25, 0.3) is 0 Å². The molecule has 0 aromatic heterocycles. The molecule has 1 saturated heterocycles. The van der Waals surface area contributed by atoms with Crippen molar-refractivity contribution in [1.29, 1.82) is 0 Å².